The van der Waals surface area contributed by atoms with Gasteiger partial charge in [-0.1, -0.05) is 12.1 Å². The van der Waals surface area contributed by atoms with E-state index in [2.05, 4.69) is 30.7 Å². The number of halogens is 2. The van der Waals surface area contributed by atoms with Crippen LogP contribution < -0.4 is 62.2 Å². The van der Waals surface area contributed by atoms with Crippen molar-refractivity contribution in [1.82, 2.24) is 35.4 Å². The van der Waals surface area contributed by atoms with Crippen LogP contribution in [0.2, 0.25) is 0 Å². The van der Waals surface area contributed by atoms with Gasteiger partial charge in [-0.25, -0.2) is 9.67 Å². The summed E-state index contributed by atoms with van der Waals surface area (Å²) in [7, 11) is 0. The second kappa shape index (κ2) is 8.67. The summed E-state index contributed by atoms with van der Waals surface area (Å²) in [5.41, 5.74) is 8.13. The molecule has 2 N–H and O–H groups in total. The number of rotatable bonds is 6. The number of aryl methyl sites for hydroxylation is 1. The van der Waals surface area contributed by atoms with Crippen molar-refractivity contribution in [2.75, 3.05) is 0 Å². The molecule has 5 rings (SSSR count). The first kappa shape index (κ1) is 23.0. The summed E-state index contributed by atoms with van der Waals surface area (Å²) in [5, 5.41) is 17.9. The molecule has 1 amide bonds. The summed E-state index contributed by atoms with van der Waals surface area (Å²) in [4.78, 5) is 16.2. The van der Waals surface area contributed by atoms with Gasteiger partial charge in [0.25, 0.3) is 0 Å². The van der Waals surface area contributed by atoms with Gasteiger partial charge in [-0.2, -0.15) is 19.1 Å². The van der Waals surface area contributed by atoms with Crippen LogP contribution in [0.1, 0.15) is 57.5 Å². The van der Waals surface area contributed by atoms with Crippen molar-refractivity contribution in [2.45, 2.75) is 38.2 Å². The van der Waals surface area contributed by atoms with Crippen molar-refractivity contribution in [3.8, 4) is 0 Å². The molecule has 0 atom stereocenters. The first-order chi connectivity index (χ1) is 14.9. The fraction of sp³-hybridized carbons (Fsp3) is 0.300. The number of carbonyl (C=O) groups excluding carboxylic acids is 1. The molecule has 1 aliphatic carbocycles. The second-order valence-corrected chi connectivity index (χ2v) is 7.60. The minimum Gasteiger partial charge on any atom is -0.366 e. The van der Waals surface area contributed by atoms with E-state index in [4.69, 9.17) is 5.73 Å². The Morgan fingerprint density at radius 2 is 2.06 bits per heavy atom. The average molecular weight is 463 g/mol. The van der Waals surface area contributed by atoms with Gasteiger partial charge >= 0.3 is 57.3 Å². The quantitative estimate of drug-likeness (QED) is 0.366. The molecule has 9 nitrogen and oxygen atoms in total. The molecule has 1 aliphatic rings. The van der Waals surface area contributed by atoms with Gasteiger partial charge in [-0.05, 0) is 55.0 Å². The monoisotopic (exact) mass is 462 g/mol. The van der Waals surface area contributed by atoms with Crippen molar-refractivity contribution in [1.29, 1.82) is 0 Å². The van der Waals surface area contributed by atoms with E-state index in [-0.39, 0.29) is 63.6 Å². The first-order valence-electron chi connectivity index (χ1n) is 9.69. The number of hydrogen-bond donors (Lipinski definition) is 1. The standard InChI is InChI=1S/C20H18F2N8O.K/c1-10-12-7-8-16(20(21,22)19-25-28-29-26-19)24-18(12)30(27-10)9-15-13(11-5-6-11)3-2-4-14(15)17(23)31;/h2-4,7-8,11H,5-6,9H2,1H3,(H3,23,25,26,28,29,31);/q;+1/p-1. The zero-order valence-electron chi connectivity index (χ0n) is 17.5. The number of amides is 1. The fourth-order valence-electron chi connectivity index (χ4n) is 3.82. The molecule has 4 aromatic rings. The Balaban J connectivity index is 0.00000245. The molecule has 1 aromatic carbocycles. The summed E-state index contributed by atoms with van der Waals surface area (Å²) in [5.74, 6) is -4.57. The van der Waals surface area contributed by atoms with Crippen molar-refractivity contribution in [2.24, 2.45) is 5.73 Å². The van der Waals surface area contributed by atoms with Crippen LogP contribution in [0.5, 0.6) is 0 Å². The second-order valence-electron chi connectivity index (χ2n) is 7.60. The van der Waals surface area contributed by atoms with Gasteiger partial charge < -0.3 is 10.8 Å². The van der Waals surface area contributed by atoms with Gasteiger partial charge in [-0.15, -0.1) is 0 Å². The summed E-state index contributed by atoms with van der Waals surface area (Å²) < 4.78 is 31.1. The number of aromatic nitrogens is 7. The van der Waals surface area contributed by atoms with E-state index in [1.165, 1.54) is 16.8 Å². The molecule has 0 saturated heterocycles. The summed E-state index contributed by atoms with van der Waals surface area (Å²) in [6.07, 6.45) is 2.06. The van der Waals surface area contributed by atoms with Crippen molar-refractivity contribution < 1.29 is 65.0 Å². The number of benzene rings is 1. The van der Waals surface area contributed by atoms with Gasteiger partial charge in [0.05, 0.1) is 18.1 Å². The first-order valence-corrected chi connectivity index (χ1v) is 9.69. The van der Waals surface area contributed by atoms with Crippen molar-refractivity contribution >= 4 is 16.9 Å². The maximum absolute atomic E-state index is 14.8. The molecular formula is C20H17F2KN8O. The smallest absolute Gasteiger partial charge is 0.366 e. The molecule has 158 valence electrons. The van der Waals surface area contributed by atoms with Gasteiger partial charge in [0.1, 0.15) is 5.69 Å². The Kier molecular flexibility index (Phi) is 6.24. The fourth-order valence-corrected chi connectivity index (χ4v) is 3.82. The third-order valence-electron chi connectivity index (χ3n) is 5.50. The number of alkyl halides is 2. The summed E-state index contributed by atoms with van der Waals surface area (Å²) in [6, 6.07) is 8.20. The molecule has 12 heteroatoms. The van der Waals surface area contributed by atoms with E-state index >= 15 is 0 Å². The van der Waals surface area contributed by atoms with E-state index in [1.54, 1.807) is 13.0 Å². The van der Waals surface area contributed by atoms with Gasteiger partial charge in [0.15, 0.2) is 5.65 Å². The number of pyridine rings is 1. The minimum absolute atomic E-state index is 0. The Morgan fingerprint density at radius 3 is 2.72 bits per heavy atom. The third kappa shape index (κ3) is 4.01. The van der Waals surface area contributed by atoms with Crippen LogP contribution >= 0.6 is 0 Å². The summed E-state index contributed by atoms with van der Waals surface area (Å²) in [6.45, 7) is 1.96. The number of primary amides is 1. The average Bonchev–Trinajstić information content (AvgIpc) is 3.33. The molecule has 1 saturated carbocycles. The van der Waals surface area contributed by atoms with Crippen LogP contribution in [-0.2, 0) is 12.5 Å². The Labute approximate surface area is 223 Å². The molecule has 1 fully saturated rings. The zero-order valence-corrected chi connectivity index (χ0v) is 20.6. The predicted octanol–water partition coefficient (Wildman–Crippen LogP) is -0.949. The van der Waals surface area contributed by atoms with Crippen LogP contribution in [0.25, 0.3) is 11.0 Å². The van der Waals surface area contributed by atoms with Crippen LogP contribution in [-0.4, -0.2) is 36.2 Å². The number of carbonyl (C=O) groups is 1. The molecule has 0 radical (unpaired) electrons. The maximum atomic E-state index is 14.8. The molecule has 0 unspecified atom stereocenters. The number of tetrazole rings is 1. The number of fused-ring (bicyclic) bond motifs is 1. The Morgan fingerprint density at radius 1 is 1.28 bits per heavy atom. The van der Waals surface area contributed by atoms with E-state index in [0.29, 0.717) is 22.6 Å². The molecular weight excluding hydrogens is 445 g/mol. The molecule has 0 aliphatic heterocycles. The molecule has 0 bridgehead atoms. The Hall–Kier alpha value is -2.12. The van der Waals surface area contributed by atoms with E-state index in [1.807, 2.05) is 12.1 Å². The SMILES string of the molecule is Cc1nn(Cc2c(C(N)=O)cccc2C2CC2)c2nc(C(F)(F)c3nnn[n-]3)ccc12.[K+]. The van der Waals surface area contributed by atoms with E-state index in [9.17, 15) is 13.6 Å². The van der Waals surface area contributed by atoms with Gasteiger partial charge in [0, 0.05) is 10.9 Å². The van der Waals surface area contributed by atoms with Crippen LogP contribution in [0.15, 0.2) is 30.3 Å². The van der Waals surface area contributed by atoms with E-state index < -0.39 is 23.3 Å². The van der Waals surface area contributed by atoms with Crippen LogP contribution in [0.4, 0.5) is 8.78 Å². The Bertz CT molecular complexity index is 1300. The maximum Gasteiger partial charge on any atom is 1.00 e. The molecule has 32 heavy (non-hydrogen) atoms. The molecule has 0 spiro atoms. The summed E-state index contributed by atoms with van der Waals surface area (Å²) >= 11 is 0. The number of nitrogens with zero attached hydrogens (tertiary/aromatic N) is 7. The predicted molar refractivity (Wildman–Crippen MR) is 104 cm³/mol. The van der Waals surface area contributed by atoms with Gasteiger partial charge in [-0.3, -0.25) is 15.1 Å². The van der Waals surface area contributed by atoms with E-state index in [0.717, 1.165) is 24.0 Å². The largest absolute Gasteiger partial charge is 1.00 e. The van der Waals surface area contributed by atoms with Crippen molar-refractivity contribution in [3.05, 3.63) is 64.2 Å². The minimum atomic E-state index is -3.56. The molecule has 3 heterocycles. The number of nitrogens with two attached hydrogens (primary N) is 1. The molecule has 3 aromatic heterocycles. The third-order valence-corrected chi connectivity index (χ3v) is 5.50. The van der Waals surface area contributed by atoms with Crippen LogP contribution in [0, 0.1) is 6.92 Å². The zero-order chi connectivity index (χ0) is 21.8. The number of hydrogen-bond acceptors (Lipinski definition) is 6. The normalized spacial score (nSPS) is 13.8. The topological polar surface area (TPSA) is 127 Å². The van der Waals surface area contributed by atoms with Crippen LogP contribution in [0.3, 0.4) is 0 Å². The van der Waals surface area contributed by atoms with Crippen molar-refractivity contribution in [3.63, 3.8) is 0 Å². The van der Waals surface area contributed by atoms with Gasteiger partial charge in [0.2, 0.25) is 5.91 Å².